The van der Waals surface area contributed by atoms with Crippen molar-refractivity contribution in [3.8, 4) is 6.01 Å². The van der Waals surface area contributed by atoms with Crippen LogP contribution < -0.4 is 15.4 Å². The maximum atomic E-state index is 5.33. The van der Waals surface area contributed by atoms with Crippen molar-refractivity contribution in [2.45, 2.75) is 26.8 Å². The summed E-state index contributed by atoms with van der Waals surface area (Å²) in [6, 6.07) is 0.307. The van der Waals surface area contributed by atoms with E-state index in [2.05, 4.69) is 37.6 Å². The predicted molar refractivity (Wildman–Crippen MR) is 80.5 cm³/mol. The van der Waals surface area contributed by atoms with Gasteiger partial charge in [0.05, 0.1) is 12.3 Å². The van der Waals surface area contributed by atoms with E-state index in [1.54, 1.807) is 7.05 Å². The molecule has 2 heterocycles. The van der Waals surface area contributed by atoms with Crippen LogP contribution in [0.2, 0.25) is 0 Å². The van der Waals surface area contributed by atoms with Crippen molar-refractivity contribution >= 4 is 11.9 Å². The molecule has 8 heteroatoms. The second-order valence-corrected chi connectivity index (χ2v) is 4.43. The van der Waals surface area contributed by atoms with Crippen molar-refractivity contribution < 1.29 is 4.74 Å². The number of rotatable bonds is 7. The van der Waals surface area contributed by atoms with Gasteiger partial charge >= 0.3 is 6.01 Å². The zero-order valence-electron chi connectivity index (χ0n) is 12.8. The number of hydrogen-bond donors (Lipinski definition) is 2. The average molecular weight is 291 g/mol. The summed E-state index contributed by atoms with van der Waals surface area (Å²) in [6.45, 7) is 5.09. The van der Waals surface area contributed by atoms with E-state index in [0.29, 0.717) is 31.1 Å². The van der Waals surface area contributed by atoms with Gasteiger partial charge in [-0.1, -0.05) is 6.92 Å². The minimum Gasteiger partial charge on any atom is -0.464 e. The van der Waals surface area contributed by atoms with E-state index in [4.69, 9.17) is 4.74 Å². The highest BCUT2D eigenvalue weighted by Crippen LogP contribution is 2.13. The number of anilines is 2. The Bertz CT molecular complexity index is 596. The molecule has 0 radical (unpaired) electrons. The summed E-state index contributed by atoms with van der Waals surface area (Å²) in [6.07, 6.45) is 2.89. The highest BCUT2D eigenvalue weighted by molar-refractivity contribution is 5.36. The molecule has 0 aliphatic rings. The van der Waals surface area contributed by atoms with E-state index in [9.17, 15) is 0 Å². The van der Waals surface area contributed by atoms with E-state index in [1.165, 1.54) is 0 Å². The van der Waals surface area contributed by atoms with Crippen molar-refractivity contribution in [3.05, 3.63) is 17.5 Å². The molecule has 0 saturated heterocycles. The molecule has 0 aliphatic carbocycles. The highest BCUT2D eigenvalue weighted by atomic mass is 16.5. The van der Waals surface area contributed by atoms with Crippen LogP contribution in [0.25, 0.3) is 0 Å². The summed E-state index contributed by atoms with van der Waals surface area (Å²) in [4.78, 5) is 12.6. The van der Waals surface area contributed by atoms with Gasteiger partial charge in [0.2, 0.25) is 11.9 Å². The van der Waals surface area contributed by atoms with Crippen molar-refractivity contribution in [1.29, 1.82) is 0 Å². The van der Waals surface area contributed by atoms with E-state index < -0.39 is 0 Å². The molecule has 114 valence electrons. The Labute approximate surface area is 124 Å². The summed E-state index contributed by atoms with van der Waals surface area (Å²) in [5.41, 5.74) is 2.20. The first-order valence-electron chi connectivity index (χ1n) is 6.98. The molecule has 2 aromatic rings. The fourth-order valence-corrected chi connectivity index (χ4v) is 1.94. The lowest BCUT2D eigenvalue weighted by atomic mass is 10.2. The fraction of sp³-hybridized carbons (Fsp3) is 0.538. The Morgan fingerprint density at radius 2 is 1.95 bits per heavy atom. The average Bonchev–Trinajstić information content (AvgIpc) is 2.85. The molecular formula is C13H21N7O. The van der Waals surface area contributed by atoms with Gasteiger partial charge in [0.15, 0.2) is 0 Å². The fourth-order valence-electron chi connectivity index (χ4n) is 1.94. The molecule has 2 N–H and O–H groups in total. The summed E-state index contributed by atoms with van der Waals surface area (Å²) in [7, 11) is 3.67. The normalized spacial score (nSPS) is 10.5. The largest absolute Gasteiger partial charge is 0.464 e. The van der Waals surface area contributed by atoms with Crippen molar-refractivity contribution in [1.82, 2.24) is 24.7 Å². The van der Waals surface area contributed by atoms with Gasteiger partial charge in [0, 0.05) is 32.4 Å². The van der Waals surface area contributed by atoms with Crippen LogP contribution in [0, 0.1) is 0 Å². The van der Waals surface area contributed by atoms with Crippen LogP contribution in [0.3, 0.4) is 0 Å². The van der Waals surface area contributed by atoms with Crippen molar-refractivity contribution in [3.63, 3.8) is 0 Å². The molecule has 2 aromatic heterocycles. The van der Waals surface area contributed by atoms with Gasteiger partial charge in [-0.2, -0.15) is 20.1 Å². The topological polar surface area (TPSA) is 89.8 Å². The third-order valence-corrected chi connectivity index (χ3v) is 2.88. The van der Waals surface area contributed by atoms with Crippen LogP contribution in [0.5, 0.6) is 6.01 Å². The van der Waals surface area contributed by atoms with E-state index in [0.717, 1.165) is 17.7 Å². The van der Waals surface area contributed by atoms with Gasteiger partial charge in [0.1, 0.15) is 0 Å². The quantitative estimate of drug-likeness (QED) is 0.792. The van der Waals surface area contributed by atoms with Gasteiger partial charge in [-0.25, -0.2) is 0 Å². The molecule has 0 aromatic carbocycles. The Balaban J connectivity index is 2.13. The van der Waals surface area contributed by atoms with E-state index in [-0.39, 0.29) is 0 Å². The van der Waals surface area contributed by atoms with E-state index >= 15 is 0 Å². The molecule has 0 atom stereocenters. The number of aromatic nitrogens is 5. The lowest BCUT2D eigenvalue weighted by Gasteiger charge is -2.08. The van der Waals surface area contributed by atoms with Crippen LogP contribution in [0.1, 0.15) is 25.1 Å². The number of nitrogens with zero attached hydrogens (tertiary/aromatic N) is 5. The summed E-state index contributed by atoms with van der Waals surface area (Å²) < 4.78 is 7.14. The first kappa shape index (κ1) is 15.0. The Hall–Kier alpha value is -2.38. The molecule has 0 saturated carbocycles. The molecule has 0 spiro atoms. The zero-order chi connectivity index (χ0) is 15.2. The molecule has 0 fully saturated rings. The smallest absolute Gasteiger partial charge is 0.323 e. The van der Waals surface area contributed by atoms with Crippen LogP contribution in [0.15, 0.2) is 6.20 Å². The number of ether oxygens (including phenoxy) is 1. The van der Waals surface area contributed by atoms with Crippen molar-refractivity contribution in [2.24, 2.45) is 7.05 Å². The Kier molecular flexibility index (Phi) is 4.91. The Morgan fingerprint density at radius 1 is 1.19 bits per heavy atom. The summed E-state index contributed by atoms with van der Waals surface area (Å²) in [5.74, 6) is 0.946. The van der Waals surface area contributed by atoms with Crippen LogP contribution in [0.4, 0.5) is 11.9 Å². The van der Waals surface area contributed by atoms with Gasteiger partial charge in [-0.15, -0.1) is 0 Å². The minimum atomic E-state index is 0.307. The molecular weight excluding hydrogens is 270 g/mol. The monoisotopic (exact) mass is 291 g/mol. The summed E-state index contributed by atoms with van der Waals surface area (Å²) >= 11 is 0. The molecule has 0 amide bonds. The third kappa shape index (κ3) is 3.80. The number of aryl methyl sites for hydroxylation is 2. The number of nitrogens with one attached hydrogen (secondary N) is 2. The molecule has 0 aliphatic heterocycles. The standard InChI is InChI=1S/C13H21N7O/c1-5-10-9(8-20(4)19-10)7-15-12-16-11(14-3)17-13(18-12)21-6-2/h8H,5-7H2,1-4H3,(H2,14,15,16,17,18). The first-order chi connectivity index (χ1) is 10.2. The lowest BCUT2D eigenvalue weighted by Crippen LogP contribution is -2.09. The minimum absolute atomic E-state index is 0.307. The van der Waals surface area contributed by atoms with Crippen molar-refractivity contribution in [2.75, 3.05) is 24.3 Å². The summed E-state index contributed by atoms with van der Waals surface area (Å²) in [5, 5.41) is 10.5. The van der Waals surface area contributed by atoms with Crippen LogP contribution in [-0.2, 0) is 20.0 Å². The van der Waals surface area contributed by atoms with Crippen LogP contribution in [-0.4, -0.2) is 38.4 Å². The van der Waals surface area contributed by atoms with Gasteiger partial charge in [-0.3, -0.25) is 4.68 Å². The lowest BCUT2D eigenvalue weighted by molar-refractivity contribution is 0.312. The van der Waals surface area contributed by atoms with Gasteiger partial charge in [0.25, 0.3) is 0 Å². The zero-order valence-corrected chi connectivity index (χ0v) is 12.8. The Morgan fingerprint density at radius 3 is 2.62 bits per heavy atom. The molecule has 21 heavy (non-hydrogen) atoms. The van der Waals surface area contributed by atoms with Gasteiger partial charge < -0.3 is 15.4 Å². The maximum Gasteiger partial charge on any atom is 0.323 e. The SMILES string of the molecule is CCOc1nc(NC)nc(NCc2cn(C)nc2CC)n1. The molecule has 2 rings (SSSR count). The van der Waals surface area contributed by atoms with E-state index in [1.807, 2.05) is 24.9 Å². The first-order valence-corrected chi connectivity index (χ1v) is 6.98. The highest BCUT2D eigenvalue weighted by Gasteiger charge is 2.09. The second-order valence-electron chi connectivity index (χ2n) is 4.43. The molecule has 0 bridgehead atoms. The second kappa shape index (κ2) is 6.87. The predicted octanol–water partition coefficient (Wildman–Crippen LogP) is 1.22. The third-order valence-electron chi connectivity index (χ3n) is 2.88. The molecule has 0 unspecified atom stereocenters. The maximum absolute atomic E-state index is 5.33. The number of hydrogen-bond acceptors (Lipinski definition) is 7. The molecule has 8 nitrogen and oxygen atoms in total. The van der Waals surface area contributed by atoms with Gasteiger partial charge in [-0.05, 0) is 13.3 Å². The van der Waals surface area contributed by atoms with Crippen LogP contribution >= 0.6 is 0 Å².